The maximum Gasteiger partial charge on any atom is 0.390 e. The Morgan fingerprint density at radius 3 is 2.52 bits per heavy atom. The Morgan fingerprint density at radius 2 is 1.90 bits per heavy atom. The minimum Gasteiger partial charge on any atom is -0.358 e. The highest BCUT2D eigenvalue weighted by atomic mass is 16.6. The molecule has 1 N–H and O–H groups in total. The van der Waals surface area contributed by atoms with Crippen LogP contribution in [0.2, 0.25) is 0 Å². The van der Waals surface area contributed by atoms with Crippen LogP contribution in [0.1, 0.15) is 41.2 Å². The van der Waals surface area contributed by atoms with Gasteiger partial charge >= 0.3 is 5.82 Å². The number of nitrogens with zero attached hydrogens (tertiary/aromatic N) is 5. The summed E-state index contributed by atoms with van der Waals surface area (Å²) in [6.45, 7) is 9.74. The molecule has 1 amide bonds. The van der Waals surface area contributed by atoms with Crippen LogP contribution in [0.5, 0.6) is 0 Å². The molecule has 9 nitrogen and oxygen atoms in total. The molecule has 0 saturated carbocycles. The third-order valence-corrected chi connectivity index (χ3v) is 5.05. The summed E-state index contributed by atoms with van der Waals surface area (Å²) in [5.41, 5.74) is 5.07. The highest BCUT2D eigenvalue weighted by Crippen LogP contribution is 2.23. The molecule has 0 radical (unpaired) electrons. The number of amides is 1. The fourth-order valence-electron chi connectivity index (χ4n) is 3.27. The zero-order chi connectivity index (χ0) is 21.3. The smallest absolute Gasteiger partial charge is 0.358 e. The topological polar surface area (TPSA) is 108 Å². The van der Waals surface area contributed by atoms with Crippen LogP contribution in [0.25, 0.3) is 0 Å². The van der Waals surface area contributed by atoms with Gasteiger partial charge in [-0.1, -0.05) is 24.3 Å². The van der Waals surface area contributed by atoms with E-state index >= 15 is 0 Å². The molecule has 152 valence electrons. The second-order valence-corrected chi connectivity index (χ2v) is 7.14. The van der Waals surface area contributed by atoms with Crippen LogP contribution in [-0.4, -0.2) is 30.4 Å². The van der Waals surface area contributed by atoms with Crippen LogP contribution >= 0.6 is 0 Å². The van der Waals surface area contributed by atoms with Crippen LogP contribution < -0.4 is 5.32 Å². The third kappa shape index (κ3) is 4.03. The first kappa shape index (κ1) is 20.2. The average molecular weight is 396 g/mol. The number of hydrogen-bond acceptors (Lipinski definition) is 5. The van der Waals surface area contributed by atoms with Gasteiger partial charge in [0.05, 0.1) is 40.5 Å². The van der Waals surface area contributed by atoms with Crippen molar-refractivity contribution in [3.8, 4) is 0 Å². The summed E-state index contributed by atoms with van der Waals surface area (Å²) in [5, 5.41) is 22.3. The molecule has 1 unspecified atom stereocenters. The maximum atomic E-state index is 12.8. The molecule has 0 bridgehead atoms. The van der Waals surface area contributed by atoms with Gasteiger partial charge in [-0.25, -0.2) is 0 Å². The van der Waals surface area contributed by atoms with Crippen LogP contribution in [0, 0.1) is 37.8 Å². The minimum absolute atomic E-state index is 0.277. The highest BCUT2D eigenvalue weighted by molar-refractivity contribution is 5.94. The Labute approximate surface area is 168 Å². The Hall–Kier alpha value is -3.49. The van der Waals surface area contributed by atoms with Gasteiger partial charge in [0.2, 0.25) is 0 Å². The lowest BCUT2D eigenvalue weighted by Crippen LogP contribution is -2.25. The SMILES string of the molecule is Cc1ccccc1Cn1nc(C)c(NC(=O)C(C)n2nc([N+](=O)[O-])cc2C)c1C. The molecule has 3 rings (SSSR count). The quantitative estimate of drug-likeness (QED) is 0.507. The Kier molecular flexibility index (Phi) is 5.49. The molecule has 1 aromatic carbocycles. The molecule has 2 heterocycles. The molecule has 0 aliphatic rings. The largest absolute Gasteiger partial charge is 0.390 e. The number of anilines is 1. The van der Waals surface area contributed by atoms with Gasteiger partial charge in [-0.15, -0.1) is 0 Å². The molecule has 2 aromatic heterocycles. The lowest BCUT2D eigenvalue weighted by atomic mass is 10.1. The zero-order valence-electron chi connectivity index (χ0n) is 17.1. The van der Waals surface area contributed by atoms with E-state index in [9.17, 15) is 14.9 Å². The van der Waals surface area contributed by atoms with E-state index < -0.39 is 11.0 Å². The standard InChI is InChI=1S/C20H24N6O3/c1-12-8-6-7-9-17(12)11-24-15(4)19(14(3)22-24)21-20(27)16(5)25-13(2)10-18(23-25)26(28)29/h6-10,16H,11H2,1-5H3,(H,21,27). The predicted molar refractivity (Wildman–Crippen MR) is 109 cm³/mol. The average Bonchev–Trinajstić information content (AvgIpc) is 3.18. The summed E-state index contributed by atoms with van der Waals surface area (Å²) in [5.74, 6) is -0.590. The summed E-state index contributed by atoms with van der Waals surface area (Å²) in [7, 11) is 0. The lowest BCUT2D eigenvalue weighted by molar-refractivity contribution is -0.389. The van der Waals surface area contributed by atoms with Gasteiger partial charge in [0.25, 0.3) is 5.91 Å². The summed E-state index contributed by atoms with van der Waals surface area (Å²) in [4.78, 5) is 23.2. The van der Waals surface area contributed by atoms with Crippen molar-refractivity contribution < 1.29 is 9.72 Å². The third-order valence-electron chi connectivity index (χ3n) is 5.05. The number of benzene rings is 1. The number of carbonyl (C=O) groups is 1. The van der Waals surface area contributed by atoms with E-state index in [4.69, 9.17) is 0 Å². The number of rotatable bonds is 6. The second-order valence-electron chi connectivity index (χ2n) is 7.14. The molecule has 9 heteroatoms. The molecule has 1 atom stereocenters. The number of carbonyl (C=O) groups excluding carboxylic acids is 1. The van der Waals surface area contributed by atoms with Gasteiger partial charge in [0, 0.05) is 0 Å². The van der Waals surface area contributed by atoms with E-state index in [1.165, 1.54) is 16.3 Å². The van der Waals surface area contributed by atoms with Crippen molar-refractivity contribution in [1.29, 1.82) is 0 Å². The van der Waals surface area contributed by atoms with Gasteiger partial charge < -0.3 is 15.4 Å². The van der Waals surface area contributed by atoms with Crippen molar-refractivity contribution in [2.75, 3.05) is 5.32 Å². The van der Waals surface area contributed by atoms with Crippen LogP contribution in [0.3, 0.4) is 0 Å². The van der Waals surface area contributed by atoms with Crippen LogP contribution in [0.15, 0.2) is 30.3 Å². The number of nitro groups is 1. The van der Waals surface area contributed by atoms with E-state index in [1.54, 1.807) is 13.8 Å². The van der Waals surface area contributed by atoms with Crippen molar-refractivity contribution >= 4 is 17.4 Å². The van der Waals surface area contributed by atoms with Crippen molar-refractivity contribution in [2.45, 2.75) is 47.2 Å². The van der Waals surface area contributed by atoms with Crippen molar-refractivity contribution in [1.82, 2.24) is 19.6 Å². The van der Waals surface area contributed by atoms with E-state index in [0.717, 1.165) is 11.3 Å². The predicted octanol–water partition coefficient (Wildman–Crippen LogP) is 3.47. The molecule has 0 fully saturated rings. The molecular formula is C20H24N6O3. The van der Waals surface area contributed by atoms with Crippen LogP contribution in [0.4, 0.5) is 11.5 Å². The van der Waals surface area contributed by atoms with Gasteiger partial charge in [0.15, 0.2) is 0 Å². The summed E-state index contributed by atoms with van der Waals surface area (Å²) in [6, 6.07) is 8.73. The van der Waals surface area contributed by atoms with Crippen molar-refractivity contribution in [3.63, 3.8) is 0 Å². The van der Waals surface area contributed by atoms with Gasteiger partial charge in [-0.05, 0) is 50.7 Å². The van der Waals surface area contributed by atoms with Crippen LogP contribution in [-0.2, 0) is 11.3 Å². The van der Waals surface area contributed by atoms with Gasteiger partial charge in [-0.2, -0.15) is 9.78 Å². The van der Waals surface area contributed by atoms with Gasteiger partial charge in [-0.3, -0.25) is 9.48 Å². The number of aryl methyl sites for hydroxylation is 3. The first-order valence-corrected chi connectivity index (χ1v) is 9.29. The molecule has 29 heavy (non-hydrogen) atoms. The highest BCUT2D eigenvalue weighted by Gasteiger charge is 2.26. The Balaban J connectivity index is 1.81. The summed E-state index contributed by atoms with van der Waals surface area (Å²) < 4.78 is 3.22. The first-order chi connectivity index (χ1) is 13.7. The fourth-order valence-corrected chi connectivity index (χ4v) is 3.27. The van der Waals surface area contributed by atoms with E-state index in [-0.39, 0.29) is 11.7 Å². The summed E-state index contributed by atoms with van der Waals surface area (Å²) in [6.07, 6.45) is 0. The molecule has 3 aromatic rings. The van der Waals surface area contributed by atoms with Gasteiger partial charge in [0.1, 0.15) is 6.04 Å². The molecule has 0 aliphatic heterocycles. The maximum absolute atomic E-state index is 12.8. The second kappa shape index (κ2) is 7.86. The zero-order valence-corrected chi connectivity index (χ0v) is 17.1. The minimum atomic E-state index is -0.706. The molecule has 0 saturated heterocycles. The Morgan fingerprint density at radius 1 is 1.21 bits per heavy atom. The fraction of sp³-hybridized carbons (Fsp3) is 0.350. The van der Waals surface area contributed by atoms with Crippen molar-refractivity contribution in [3.05, 3.63) is 68.7 Å². The summed E-state index contributed by atoms with van der Waals surface area (Å²) >= 11 is 0. The number of nitrogens with one attached hydrogen (secondary N) is 1. The normalized spacial score (nSPS) is 12.0. The lowest BCUT2D eigenvalue weighted by Gasteiger charge is -2.12. The number of hydrogen-bond donors (Lipinski definition) is 1. The molecule has 0 spiro atoms. The van der Waals surface area contributed by atoms with E-state index in [0.29, 0.717) is 23.6 Å². The molecular weight excluding hydrogens is 372 g/mol. The van der Waals surface area contributed by atoms with Crippen molar-refractivity contribution in [2.24, 2.45) is 0 Å². The van der Waals surface area contributed by atoms with E-state index in [1.807, 2.05) is 30.7 Å². The molecule has 0 aliphatic carbocycles. The Bertz CT molecular complexity index is 1080. The number of aromatic nitrogens is 4. The monoisotopic (exact) mass is 396 g/mol. The first-order valence-electron chi connectivity index (χ1n) is 9.29. The van der Waals surface area contributed by atoms with E-state index in [2.05, 4.69) is 34.6 Å².